The third-order valence-corrected chi connectivity index (χ3v) is 8.45. The minimum absolute atomic E-state index is 0.0141. The summed E-state index contributed by atoms with van der Waals surface area (Å²) in [5.74, 6) is -1.06. The highest BCUT2D eigenvalue weighted by atomic mass is 32.2. The van der Waals surface area contributed by atoms with Gasteiger partial charge in [-0.2, -0.15) is 4.72 Å². The highest BCUT2D eigenvalue weighted by molar-refractivity contribution is 7.89. The van der Waals surface area contributed by atoms with Crippen LogP contribution in [0.5, 0.6) is 5.75 Å². The topological polar surface area (TPSA) is 221 Å². The molecule has 0 fully saturated rings. The normalized spacial score (nSPS) is 11.4. The molecule has 3 amide bonds. The van der Waals surface area contributed by atoms with Gasteiger partial charge >= 0.3 is 0 Å². The van der Waals surface area contributed by atoms with Crippen molar-refractivity contribution in [1.82, 2.24) is 35.0 Å². The number of benzene rings is 2. The molecule has 0 saturated carbocycles. The number of hydrogen-bond donors (Lipinski definition) is 4. The SMILES string of the molecule is COc1ccc(-c2csc(NC(=O)[C@H](CNC(=O)c3cncnc3)NS(=O)(=O)c3ccc(C)cc3)n2)cc1.NC(=O)c1cncnc1. The Bertz CT molecular complexity index is 1910. The van der Waals surface area contributed by atoms with E-state index in [1.54, 1.807) is 36.8 Å². The highest BCUT2D eigenvalue weighted by Crippen LogP contribution is 2.26. The van der Waals surface area contributed by atoms with Crippen LogP contribution < -0.4 is 25.8 Å². The van der Waals surface area contributed by atoms with Crippen LogP contribution in [0.25, 0.3) is 11.3 Å². The van der Waals surface area contributed by atoms with E-state index in [1.165, 1.54) is 60.9 Å². The van der Waals surface area contributed by atoms with Gasteiger partial charge in [0.25, 0.3) is 11.8 Å². The Balaban J connectivity index is 0.000000479. The molecule has 0 aliphatic rings. The first-order valence-corrected chi connectivity index (χ1v) is 16.0. The predicted octanol–water partition coefficient (Wildman–Crippen LogP) is 2.21. The van der Waals surface area contributed by atoms with Crippen molar-refractivity contribution >= 4 is 44.2 Å². The number of thiazole rings is 1. The number of nitrogens with zero attached hydrogens (tertiary/aromatic N) is 5. The number of rotatable bonds is 11. The quantitative estimate of drug-likeness (QED) is 0.159. The monoisotopic (exact) mass is 675 g/mol. The first-order chi connectivity index (χ1) is 22.6. The van der Waals surface area contributed by atoms with E-state index in [9.17, 15) is 22.8 Å². The van der Waals surface area contributed by atoms with Crippen molar-refractivity contribution in [2.24, 2.45) is 5.73 Å². The lowest BCUT2D eigenvalue weighted by Gasteiger charge is -2.18. The second-order valence-electron chi connectivity index (χ2n) is 9.57. The van der Waals surface area contributed by atoms with E-state index in [4.69, 9.17) is 10.5 Å². The number of primary amides is 1. The van der Waals surface area contributed by atoms with Crippen molar-refractivity contribution < 1.29 is 27.5 Å². The summed E-state index contributed by atoms with van der Waals surface area (Å²) in [5.41, 5.74) is 7.71. The van der Waals surface area contributed by atoms with E-state index in [2.05, 4.69) is 40.3 Å². The molecule has 5 N–H and O–H groups in total. The third kappa shape index (κ3) is 9.92. The maximum absolute atomic E-state index is 13.2. The molecule has 0 bridgehead atoms. The molecule has 3 heterocycles. The number of nitrogens with one attached hydrogen (secondary N) is 3. The lowest BCUT2D eigenvalue weighted by Crippen LogP contribution is -2.50. The Kier molecular flexibility index (Phi) is 11.7. The van der Waals surface area contributed by atoms with Crippen molar-refractivity contribution in [3.63, 3.8) is 0 Å². The van der Waals surface area contributed by atoms with Crippen LogP contribution in [0.4, 0.5) is 5.13 Å². The van der Waals surface area contributed by atoms with E-state index in [0.29, 0.717) is 17.0 Å². The molecule has 0 spiro atoms. The van der Waals surface area contributed by atoms with Crippen molar-refractivity contribution in [2.75, 3.05) is 19.0 Å². The maximum atomic E-state index is 13.2. The lowest BCUT2D eigenvalue weighted by molar-refractivity contribution is -0.117. The molecule has 47 heavy (non-hydrogen) atoms. The van der Waals surface area contributed by atoms with Crippen molar-refractivity contribution in [2.45, 2.75) is 17.9 Å². The van der Waals surface area contributed by atoms with Gasteiger partial charge in [0, 0.05) is 42.3 Å². The van der Waals surface area contributed by atoms with Crippen LogP contribution in [0, 0.1) is 6.92 Å². The molecule has 0 aliphatic carbocycles. The summed E-state index contributed by atoms with van der Waals surface area (Å²) in [7, 11) is -2.51. The zero-order valence-electron chi connectivity index (χ0n) is 25.0. The molecule has 2 aromatic carbocycles. The van der Waals surface area contributed by atoms with E-state index in [0.717, 1.165) is 11.1 Å². The molecule has 1 atom stereocenters. The number of anilines is 1. The summed E-state index contributed by atoms with van der Waals surface area (Å²) in [6.07, 6.45) is 7.97. The van der Waals surface area contributed by atoms with Crippen LogP contribution in [0.3, 0.4) is 0 Å². The Morgan fingerprint density at radius 3 is 2.04 bits per heavy atom. The van der Waals surface area contributed by atoms with Crippen LogP contribution in [-0.2, 0) is 14.8 Å². The Labute approximate surface area is 273 Å². The van der Waals surface area contributed by atoms with Gasteiger partial charge in [-0.3, -0.25) is 14.4 Å². The molecular weight excluding hydrogens is 647 g/mol. The zero-order valence-corrected chi connectivity index (χ0v) is 26.7. The molecule has 0 aliphatic heterocycles. The largest absolute Gasteiger partial charge is 0.497 e. The Hall–Kier alpha value is -5.65. The van der Waals surface area contributed by atoms with Gasteiger partial charge in [-0.25, -0.2) is 33.3 Å². The molecule has 242 valence electrons. The first-order valence-electron chi connectivity index (χ1n) is 13.6. The van der Waals surface area contributed by atoms with Gasteiger partial charge in [-0.15, -0.1) is 11.3 Å². The number of aromatic nitrogens is 5. The number of ether oxygens (including phenoxy) is 1. The second-order valence-corrected chi connectivity index (χ2v) is 12.1. The summed E-state index contributed by atoms with van der Waals surface area (Å²) >= 11 is 1.18. The lowest BCUT2D eigenvalue weighted by atomic mass is 10.2. The van der Waals surface area contributed by atoms with Crippen molar-refractivity contribution in [3.05, 3.63) is 108 Å². The summed E-state index contributed by atoms with van der Waals surface area (Å²) in [5, 5.41) is 7.23. The van der Waals surface area contributed by atoms with Crippen LogP contribution in [-0.4, -0.2) is 70.8 Å². The molecule has 0 radical (unpaired) electrons. The van der Waals surface area contributed by atoms with E-state index >= 15 is 0 Å². The summed E-state index contributed by atoms with van der Waals surface area (Å²) in [6, 6.07) is 12.1. The van der Waals surface area contributed by atoms with Gasteiger partial charge in [0.2, 0.25) is 15.9 Å². The average molecular weight is 676 g/mol. The van der Waals surface area contributed by atoms with Crippen molar-refractivity contribution in [1.29, 1.82) is 0 Å². The smallest absolute Gasteiger partial charge is 0.254 e. The molecule has 5 rings (SSSR count). The van der Waals surface area contributed by atoms with Gasteiger partial charge in [0.05, 0.1) is 28.8 Å². The molecule has 15 nitrogen and oxygen atoms in total. The molecule has 5 aromatic rings. The minimum Gasteiger partial charge on any atom is -0.497 e. The standard InChI is InChI=1S/C25H24N6O5S2.C5H5N3O/c1-16-3-9-20(10-4-16)38(34,35)31-21(13-28-23(32)18-11-26-15-27-12-18)24(33)30-25-29-22(14-37-25)17-5-7-19(36-2)8-6-17;6-5(9)4-1-7-3-8-2-4/h3-12,14-15,21,31H,13H2,1-2H3,(H,28,32)(H,29,30,33);1-3H,(H2,6,9)/t21-;/m0./s1. The number of carbonyl (C=O) groups excluding carboxylic acids is 3. The highest BCUT2D eigenvalue weighted by Gasteiger charge is 2.27. The van der Waals surface area contributed by atoms with Gasteiger partial charge in [0.1, 0.15) is 24.4 Å². The predicted molar refractivity (Wildman–Crippen MR) is 173 cm³/mol. The van der Waals surface area contributed by atoms with Crippen molar-refractivity contribution in [3.8, 4) is 17.0 Å². The first kappa shape index (κ1) is 34.2. The minimum atomic E-state index is -4.09. The van der Waals surface area contributed by atoms with Crippen LogP contribution in [0.1, 0.15) is 26.3 Å². The second kappa shape index (κ2) is 16.1. The number of carbonyl (C=O) groups is 3. The summed E-state index contributed by atoms with van der Waals surface area (Å²) in [6.45, 7) is 1.50. The average Bonchev–Trinajstić information content (AvgIpc) is 3.56. The number of methoxy groups -OCH3 is 1. The molecule has 3 aromatic heterocycles. The Morgan fingerprint density at radius 2 is 1.49 bits per heavy atom. The molecule has 0 unspecified atom stereocenters. The molecular formula is C30H29N9O6S2. The van der Waals surface area contributed by atoms with Crippen LogP contribution >= 0.6 is 11.3 Å². The van der Waals surface area contributed by atoms with Gasteiger partial charge < -0.3 is 21.1 Å². The van der Waals surface area contributed by atoms with Crippen LogP contribution in [0.15, 0.2) is 96.2 Å². The zero-order chi connectivity index (χ0) is 33.8. The number of nitrogens with two attached hydrogens (primary N) is 1. The number of amides is 3. The number of aryl methyl sites for hydroxylation is 1. The van der Waals surface area contributed by atoms with Crippen LogP contribution in [0.2, 0.25) is 0 Å². The number of hydrogen-bond acceptors (Lipinski definition) is 12. The Morgan fingerprint density at radius 1 is 0.894 bits per heavy atom. The molecule has 17 heteroatoms. The number of sulfonamides is 1. The summed E-state index contributed by atoms with van der Waals surface area (Å²) < 4.78 is 33.6. The summed E-state index contributed by atoms with van der Waals surface area (Å²) in [4.78, 5) is 55.2. The van der Waals surface area contributed by atoms with Gasteiger partial charge in [-0.1, -0.05) is 17.7 Å². The fourth-order valence-corrected chi connectivity index (χ4v) is 5.64. The van der Waals surface area contributed by atoms with E-state index in [1.807, 2.05) is 19.1 Å². The van der Waals surface area contributed by atoms with Gasteiger partial charge in [-0.05, 0) is 43.3 Å². The molecule has 0 saturated heterocycles. The van der Waals surface area contributed by atoms with E-state index < -0.39 is 33.8 Å². The fourth-order valence-electron chi connectivity index (χ4n) is 3.72. The third-order valence-electron chi connectivity index (χ3n) is 6.20. The van der Waals surface area contributed by atoms with E-state index in [-0.39, 0.29) is 22.1 Å². The van der Waals surface area contributed by atoms with Gasteiger partial charge in [0.15, 0.2) is 5.13 Å². The maximum Gasteiger partial charge on any atom is 0.254 e. The fraction of sp³-hybridized carbons (Fsp3) is 0.133.